The number of unbranched alkanes of at least 4 members (excludes halogenated alkanes) is 1. The molecule has 2 nitrogen and oxygen atoms in total. The van der Waals surface area contributed by atoms with Gasteiger partial charge in [-0.25, -0.2) is 0 Å². The highest BCUT2D eigenvalue weighted by Gasteiger charge is 1.90. The molecular formula is C6H12O2S. The Morgan fingerprint density at radius 3 is 2.67 bits per heavy atom. The molecule has 0 aliphatic heterocycles. The third-order valence-electron chi connectivity index (χ3n) is 0.858. The number of esters is 1. The summed E-state index contributed by atoms with van der Waals surface area (Å²) in [5.41, 5.74) is 0. The Bertz CT molecular complexity index is 83.1. The average molecular weight is 148 g/mol. The molecule has 54 valence electrons. The molecule has 0 saturated heterocycles. The van der Waals surface area contributed by atoms with Gasteiger partial charge in [0, 0.05) is 6.92 Å². The van der Waals surface area contributed by atoms with Gasteiger partial charge in [0.1, 0.15) is 0 Å². The van der Waals surface area contributed by atoms with Crippen molar-refractivity contribution in [1.29, 1.82) is 0 Å². The van der Waals surface area contributed by atoms with Crippen LogP contribution >= 0.6 is 12.6 Å². The van der Waals surface area contributed by atoms with E-state index in [1.165, 1.54) is 6.92 Å². The van der Waals surface area contributed by atoms with Crippen molar-refractivity contribution in [3.05, 3.63) is 0 Å². The number of thiol groups is 1. The number of carbonyl (C=O) groups excluding carboxylic acids is 1. The molecular weight excluding hydrogens is 136 g/mol. The molecule has 0 heterocycles. The van der Waals surface area contributed by atoms with Gasteiger partial charge in [0.05, 0.1) is 6.61 Å². The number of rotatable bonds is 4. The summed E-state index contributed by atoms with van der Waals surface area (Å²) in [6.45, 7) is 1.95. The second kappa shape index (κ2) is 5.95. The first-order valence-electron chi connectivity index (χ1n) is 3.01. The van der Waals surface area contributed by atoms with Crippen LogP contribution in [0, 0.1) is 0 Å². The number of hydrogen-bond donors (Lipinski definition) is 1. The van der Waals surface area contributed by atoms with Crippen LogP contribution in [0.3, 0.4) is 0 Å². The van der Waals surface area contributed by atoms with Gasteiger partial charge in [-0.05, 0) is 18.6 Å². The number of hydrogen-bond acceptors (Lipinski definition) is 3. The van der Waals surface area contributed by atoms with E-state index in [1.54, 1.807) is 0 Å². The number of ether oxygens (including phenoxy) is 1. The van der Waals surface area contributed by atoms with Crippen molar-refractivity contribution < 1.29 is 9.53 Å². The Labute approximate surface area is 61.0 Å². The molecule has 0 aromatic heterocycles. The van der Waals surface area contributed by atoms with E-state index in [9.17, 15) is 4.79 Å². The van der Waals surface area contributed by atoms with Crippen molar-refractivity contribution in [3.63, 3.8) is 0 Å². The van der Waals surface area contributed by atoms with E-state index in [0.717, 1.165) is 18.6 Å². The van der Waals surface area contributed by atoms with Crippen molar-refractivity contribution in [1.82, 2.24) is 0 Å². The summed E-state index contributed by atoms with van der Waals surface area (Å²) in [5.74, 6) is 0.663. The molecule has 3 heteroatoms. The zero-order chi connectivity index (χ0) is 7.11. The molecule has 0 aromatic carbocycles. The smallest absolute Gasteiger partial charge is 0.302 e. The fourth-order valence-electron chi connectivity index (χ4n) is 0.430. The average Bonchev–Trinajstić information content (AvgIpc) is 1.80. The molecule has 0 unspecified atom stereocenters. The monoisotopic (exact) mass is 148 g/mol. The van der Waals surface area contributed by atoms with Crippen molar-refractivity contribution in [2.75, 3.05) is 12.4 Å². The van der Waals surface area contributed by atoms with Crippen LogP contribution in [0.25, 0.3) is 0 Å². The van der Waals surface area contributed by atoms with Crippen LogP contribution in [-0.4, -0.2) is 18.3 Å². The fraction of sp³-hybridized carbons (Fsp3) is 0.833. The topological polar surface area (TPSA) is 26.3 Å². The predicted molar refractivity (Wildman–Crippen MR) is 39.7 cm³/mol. The van der Waals surface area contributed by atoms with Crippen molar-refractivity contribution in [2.24, 2.45) is 0 Å². The molecule has 0 N–H and O–H groups in total. The van der Waals surface area contributed by atoms with Gasteiger partial charge in [0.2, 0.25) is 0 Å². The summed E-state index contributed by atoms with van der Waals surface area (Å²) in [4.78, 5) is 10.2. The van der Waals surface area contributed by atoms with Crippen LogP contribution < -0.4 is 0 Å². The number of carbonyl (C=O) groups is 1. The molecule has 0 atom stereocenters. The van der Waals surface area contributed by atoms with Gasteiger partial charge in [-0.2, -0.15) is 12.6 Å². The summed E-state index contributed by atoms with van der Waals surface area (Å²) in [6.07, 6.45) is 1.93. The SMILES string of the molecule is CC(=O)OCCCCS. The van der Waals surface area contributed by atoms with Crippen LogP contribution in [0.5, 0.6) is 0 Å². The van der Waals surface area contributed by atoms with Crippen LogP contribution in [0.2, 0.25) is 0 Å². The lowest BCUT2D eigenvalue weighted by Crippen LogP contribution is -2.00. The standard InChI is InChI=1S/C6H12O2S/c1-6(7)8-4-2-3-5-9/h9H,2-5H2,1H3. The lowest BCUT2D eigenvalue weighted by molar-refractivity contribution is -0.141. The minimum Gasteiger partial charge on any atom is -0.466 e. The minimum absolute atomic E-state index is 0.200. The molecule has 0 radical (unpaired) electrons. The molecule has 0 aliphatic carbocycles. The molecule has 0 bridgehead atoms. The molecule has 0 aromatic rings. The van der Waals surface area contributed by atoms with Crippen molar-refractivity contribution in [3.8, 4) is 0 Å². The van der Waals surface area contributed by atoms with Gasteiger partial charge in [0.15, 0.2) is 0 Å². The van der Waals surface area contributed by atoms with E-state index in [-0.39, 0.29) is 5.97 Å². The molecule has 0 amide bonds. The first-order valence-corrected chi connectivity index (χ1v) is 3.65. The van der Waals surface area contributed by atoms with Crippen LogP contribution in [0.15, 0.2) is 0 Å². The summed E-state index contributed by atoms with van der Waals surface area (Å²) in [7, 11) is 0. The second-order valence-electron chi connectivity index (χ2n) is 1.77. The molecule has 9 heavy (non-hydrogen) atoms. The second-order valence-corrected chi connectivity index (χ2v) is 2.22. The molecule has 0 spiro atoms. The Balaban J connectivity index is 2.83. The third-order valence-corrected chi connectivity index (χ3v) is 1.17. The maximum Gasteiger partial charge on any atom is 0.302 e. The fourth-order valence-corrected chi connectivity index (χ4v) is 0.653. The van der Waals surface area contributed by atoms with E-state index in [2.05, 4.69) is 17.4 Å². The van der Waals surface area contributed by atoms with E-state index >= 15 is 0 Å². The van der Waals surface area contributed by atoms with Gasteiger partial charge in [0.25, 0.3) is 0 Å². The normalized spacial score (nSPS) is 9.11. The van der Waals surface area contributed by atoms with Crippen LogP contribution in [0.1, 0.15) is 19.8 Å². The van der Waals surface area contributed by atoms with Gasteiger partial charge < -0.3 is 4.74 Å². The molecule has 0 saturated carbocycles. The summed E-state index contributed by atoms with van der Waals surface area (Å²) >= 11 is 4.00. The van der Waals surface area contributed by atoms with Gasteiger partial charge in [-0.3, -0.25) is 4.79 Å². The quantitative estimate of drug-likeness (QED) is 0.369. The maximum atomic E-state index is 10.2. The highest BCUT2D eigenvalue weighted by atomic mass is 32.1. The zero-order valence-electron chi connectivity index (χ0n) is 5.59. The lowest BCUT2D eigenvalue weighted by atomic mass is 10.4. The Hall–Kier alpha value is -0.180. The van der Waals surface area contributed by atoms with Crippen LogP contribution in [0.4, 0.5) is 0 Å². The Morgan fingerprint density at radius 2 is 2.22 bits per heavy atom. The van der Waals surface area contributed by atoms with Gasteiger partial charge in [-0.1, -0.05) is 0 Å². The Kier molecular flexibility index (Phi) is 5.83. The maximum absolute atomic E-state index is 10.2. The Morgan fingerprint density at radius 1 is 1.56 bits per heavy atom. The zero-order valence-corrected chi connectivity index (χ0v) is 6.49. The lowest BCUT2D eigenvalue weighted by Gasteiger charge is -1.98. The summed E-state index contributed by atoms with van der Waals surface area (Å²) in [5, 5.41) is 0. The molecule has 0 rings (SSSR count). The first-order chi connectivity index (χ1) is 4.27. The van der Waals surface area contributed by atoms with Crippen molar-refractivity contribution >= 4 is 18.6 Å². The third kappa shape index (κ3) is 7.82. The minimum atomic E-state index is -0.200. The van der Waals surface area contributed by atoms with Crippen molar-refractivity contribution in [2.45, 2.75) is 19.8 Å². The van der Waals surface area contributed by atoms with E-state index < -0.39 is 0 Å². The van der Waals surface area contributed by atoms with Gasteiger partial charge >= 0.3 is 5.97 Å². The molecule has 0 fully saturated rings. The first kappa shape index (κ1) is 8.82. The largest absolute Gasteiger partial charge is 0.466 e. The van der Waals surface area contributed by atoms with Gasteiger partial charge in [-0.15, -0.1) is 0 Å². The summed E-state index contributed by atoms with van der Waals surface area (Å²) < 4.78 is 4.67. The molecule has 0 aliphatic rings. The highest BCUT2D eigenvalue weighted by molar-refractivity contribution is 7.80. The van der Waals surface area contributed by atoms with E-state index in [1.807, 2.05) is 0 Å². The predicted octanol–water partition coefficient (Wildman–Crippen LogP) is 1.26. The van der Waals surface area contributed by atoms with Crippen LogP contribution in [-0.2, 0) is 9.53 Å². The van der Waals surface area contributed by atoms with E-state index in [4.69, 9.17) is 0 Å². The highest BCUT2D eigenvalue weighted by Crippen LogP contribution is 1.91. The summed E-state index contributed by atoms with van der Waals surface area (Å²) in [6, 6.07) is 0. The van der Waals surface area contributed by atoms with E-state index in [0.29, 0.717) is 6.61 Å².